The summed E-state index contributed by atoms with van der Waals surface area (Å²) in [5.41, 5.74) is 4.11. The van der Waals surface area contributed by atoms with Gasteiger partial charge in [0.2, 0.25) is 5.78 Å². The van der Waals surface area contributed by atoms with Crippen LogP contribution in [0.5, 0.6) is 11.5 Å². The molecule has 0 spiro atoms. The highest BCUT2D eigenvalue weighted by atomic mass is 16.5. The van der Waals surface area contributed by atoms with E-state index in [1.54, 1.807) is 19.1 Å². The Morgan fingerprint density at radius 3 is 2.51 bits per heavy atom. The normalized spacial score (nSPS) is 23.0. The monoisotopic (exact) mass is 592 g/mol. The van der Waals surface area contributed by atoms with Crippen LogP contribution in [0.4, 0.5) is 0 Å². The van der Waals surface area contributed by atoms with E-state index in [9.17, 15) is 39.6 Å². The Morgan fingerprint density at radius 2 is 1.84 bits per heavy atom. The highest BCUT2D eigenvalue weighted by molar-refractivity contribution is 6.22. The van der Waals surface area contributed by atoms with E-state index in [2.05, 4.69) is 5.32 Å². The molecule has 0 saturated heterocycles. The molecule has 0 bridgehead atoms. The van der Waals surface area contributed by atoms with Crippen LogP contribution < -0.4 is 15.8 Å². The molecule has 7 N–H and O–H groups in total. The van der Waals surface area contributed by atoms with E-state index < -0.39 is 58.4 Å². The van der Waals surface area contributed by atoms with Gasteiger partial charge in [-0.2, -0.15) is 0 Å². The van der Waals surface area contributed by atoms with Gasteiger partial charge in [-0.25, -0.2) is 0 Å². The van der Waals surface area contributed by atoms with Crippen LogP contribution >= 0.6 is 0 Å². The number of Topliss-reactive ketones (excluding diaryl/α,β-unsaturated/α-hetero) is 2. The Labute approximate surface area is 246 Å². The molecule has 1 fully saturated rings. The van der Waals surface area contributed by atoms with Crippen LogP contribution in [0.1, 0.15) is 36.5 Å². The molecule has 226 valence electrons. The maximum absolute atomic E-state index is 13.8. The molecule has 3 aliphatic rings. The summed E-state index contributed by atoms with van der Waals surface area (Å²) in [6.07, 6.45) is -0.233. The summed E-state index contributed by atoms with van der Waals surface area (Å²) >= 11 is 0. The largest absolute Gasteiger partial charge is 0.508 e. The minimum atomic E-state index is -2.63. The number of ketones is 2. The van der Waals surface area contributed by atoms with Crippen molar-refractivity contribution in [1.82, 2.24) is 5.32 Å². The molecular weight excluding hydrogens is 560 g/mol. The quantitative estimate of drug-likeness (QED) is 0.192. The first-order valence-corrected chi connectivity index (χ1v) is 13.8. The summed E-state index contributed by atoms with van der Waals surface area (Å²) in [4.78, 5) is 49.9. The number of carbonyl (C=O) groups is 4. The SMILES string of the molecule is CCOC(=O)CNCc1ccc(OC)c(-c2ccc(O)c3c2CC2CC4CC(=O)C(C(N)=O)=C(O)C4(O)C(=O)C2=C3O)c1. The van der Waals surface area contributed by atoms with Crippen molar-refractivity contribution < 1.29 is 49.1 Å². The average molecular weight is 593 g/mol. The fraction of sp³-hybridized carbons (Fsp3) is 0.355. The zero-order valence-corrected chi connectivity index (χ0v) is 23.6. The zero-order chi connectivity index (χ0) is 31.2. The van der Waals surface area contributed by atoms with Gasteiger partial charge in [-0.15, -0.1) is 0 Å². The maximum Gasteiger partial charge on any atom is 0.319 e. The number of carbonyl (C=O) groups excluding carboxylic acids is 4. The highest BCUT2D eigenvalue weighted by Gasteiger charge is 2.60. The molecule has 0 aliphatic heterocycles. The maximum atomic E-state index is 13.8. The Morgan fingerprint density at radius 1 is 1.09 bits per heavy atom. The van der Waals surface area contributed by atoms with Crippen molar-refractivity contribution in [2.45, 2.75) is 38.3 Å². The zero-order valence-electron chi connectivity index (χ0n) is 23.6. The lowest BCUT2D eigenvalue weighted by Gasteiger charge is -2.46. The molecule has 1 amide bonds. The lowest BCUT2D eigenvalue weighted by molar-refractivity contribution is -0.147. The first-order chi connectivity index (χ1) is 20.4. The van der Waals surface area contributed by atoms with E-state index in [0.29, 0.717) is 29.0 Å². The van der Waals surface area contributed by atoms with Gasteiger partial charge in [-0.3, -0.25) is 19.2 Å². The molecule has 3 unspecified atom stereocenters. The third-order valence-corrected chi connectivity index (χ3v) is 8.40. The molecule has 0 aromatic heterocycles. The van der Waals surface area contributed by atoms with Crippen LogP contribution in [0.25, 0.3) is 16.9 Å². The van der Waals surface area contributed by atoms with Crippen molar-refractivity contribution in [1.29, 1.82) is 0 Å². The second kappa shape index (κ2) is 11.2. The number of fused-ring (bicyclic) bond motifs is 3. The molecule has 3 atom stereocenters. The Kier molecular flexibility index (Phi) is 7.76. The van der Waals surface area contributed by atoms with E-state index >= 15 is 0 Å². The molecular formula is C31H32N2O10. The lowest BCUT2D eigenvalue weighted by Crippen LogP contribution is -2.58. The van der Waals surface area contributed by atoms with E-state index in [0.717, 1.165) is 5.56 Å². The Bertz CT molecular complexity index is 1620. The van der Waals surface area contributed by atoms with Crippen molar-refractivity contribution in [2.24, 2.45) is 17.6 Å². The second-order valence-electron chi connectivity index (χ2n) is 10.8. The summed E-state index contributed by atoms with van der Waals surface area (Å²) < 4.78 is 10.6. The van der Waals surface area contributed by atoms with Crippen LogP contribution in [0.3, 0.4) is 0 Å². The number of primary amides is 1. The predicted octanol–water partition coefficient (Wildman–Crippen LogP) is 1.75. The number of rotatable bonds is 8. The van der Waals surface area contributed by atoms with Gasteiger partial charge in [0, 0.05) is 30.0 Å². The molecule has 0 heterocycles. The van der Waals surface area contributed by atoms with Gasteiger partial charge in [0.05, 0.1) is 25.8 Å². The van der Waals surface area contributed by atoms with E-state index in [-0.39, 0.29) is 48.8 Å². The number of aliphatic hydroxyl groups excluding tert-OH is 2. The smallest absolute Gasteiger partial charge is 0.319 e. The molecule has 5 rings (SSSR count). The highest BCUT2D eigenvalue weighted by Crippen LogP contribution is 2.53. The summed E-state index contributed by atoms with van der Waals surface area (Å²) in [5, 5.41) is 47.5. The summed E-state index contributed by atoms with van der Waals surface area (Å²) in [6.45, 7) is 2.35. The first kappa shape index (κ1) is 29.8. The number of hydrogen-bond acceptors (Lipinski definition) is 11. The number of amides is 1. The van der Waals surface area contributed by atoms with Crippen LogP contribution in [-0.4, -0.2) is 69.7 Å². The number of aliphatic hydroxyl groups is 3. The number of nitrogens with two attached hydrogens (primary N) is 1. The van der Waals surface area contributed by atoms with Crippen molar-refractivity contribution in [3.63, 3.8) is 0 Å². The Balaban J connectivity index is 1.59. The number of phenols is 1. The van der Waals surface area contributed by atoms with Gasteiger partial charge < -0.3 is 41.0 Å². The van der Waals surface area contributed by atoms with E-state index in [1.807, 2.05) is 12.1 Å². The van der Waals surface area contributed by atoms with Gasteiger partial charge in [-0.05, 0) is 60.6 Å². The molecule has 12 heteroatoms. The van der Waals surface area contributed by atoms with Gasteiger partial charge in [0.1, 0.15) is 28.6 Å². The molecule has 12 nitrogen and oxygen atoms in total. The Hall–Kier alpha value is -4.68. The topological polar surface area (TPSA) is 206 Å². The van der Waals surface area contributed by atoms with E-state index in [1.165, 1.54) is 13.2 Å². The van der Waals surface area contributed by atoms with Gasteiger partial charge in [0.15, 0.2) is 11.4 Å². The predicted molar refractivity (Wildman–Crippen MR) is 152 cm³/mol. The van der Waals surface area contributed by atoms with Crippen molar-refractivity contribution in [3.8, 4) is 22.6 Å². The van der Waals surface area contributed by atoms with Gasteiger partial charge in [0.25, 0.3) is 5.91 Å². The number of aromatic hydroxyl groups is 1. The van der Waals surface area contributed by atoms with Gasteiger partial charge in [-0.1, -0.05) is 12.1 Å². The fourth-order valence-corrected chi connectivity index (χ4v) is 6.47. The molecule has 0 radical (unpaired) electrons. The average Bonchev–Trinajstić information content (AvgIpc) is 2.95. The number of nitrogens with one attached hydrogen (secondary N) is 1. The van der Waals surface area contributed by atoms with Gasteiger partial charge >= 0.3 is 5.97 Å². The standard InChI is InChI=1S/C31H32N2O10/c1-3-43-23(36)13-33-12-14-4-7-22(42-2)18(8-14)17-5-6-20(34)25-19(17)10-15-9-16-11-21(35)26(30(32)40)29(39)31(16,41)28(38)24(15)27(25)37/h4-8,15-16,33-34,37,39,41H,3,9-13H2,1-2H3,(H2,32,40). The molecule has 2 aromatic rings. The molecule has 3 aliphatic carbocycles. The van der Waals surface area contributed by atoms with Crippen LogP contribution in [0, 0.1) is 11.8 Å². The summed E-state index contributed by atoms with van der Waals surface area (Å²) in [7, 11) is 1.50. The first-order valence-electron chi connectivity index (χ1n) is 13.8. The third kappa shape index (κ3) is 4.82. The van der Waals surface area contributed by atoms with Crippen molar-refractivity contribution in [2.75, 3.05) is 20.3 Å². The summed E-state index contributed by atoms with van der Waals surface area (Å²) in [5.74, 6) is -6.74. The van der Waals surface area contributed by atoms with Crippen molar-refractivity contribution in [3.05, 3.63) is 63.9 Å². The number of ether oxygens (including phenoxy) is 2. The molecule has 43 heavy (non-hydrogen) atoms. The van der Waals surface area contributed by atoms with Crippen molar-refractivity contribution >= 4 is 29.2 Å². The number of hydrogen-bond donors (Lipinski definition) is 6. The lowest BCUT2D eigenvalue weighted by atomic mass is 9.59. The summed E-state index contributed by atoms with van der Waals surface area (Å²) in [6, 6.07) is 8.45. The number of esters is 1. The fourth-order valence-electron chi connectivity index (χ4n) is 6.47. The number of phenolic OH excluding ortho intramolecular Hbond substituents is 1. The number of methoxy groups -OCH3 is 1. The van der Waals surface area contributed by atoms with Crippen LogP contribution in [0.2, 0.25) is 0 Å². The third-order valence-electron chi connectivity index (χ3n) is 8.40. The minimum absolute atomic E-state index is 0.0162. The molecule has 2 aromatic carbocycles. The minimum Gasteiger partial charge on any atom is -0.508 e. The van der Waals surface area contributed by atoms with Crippen LogP contribution in [0.15, 0.2) is 47.2 Å². The number of benzene rings is 2. The second-order valence-corrected chi connectivity index (χ2v) is 10.8. The van der Waals surface area contributed by atoms with E-state index in [4.69, 9.17) is 15.2 Å². The van der Waals surface area contributed by atoms with Crippen LogP contribution in [-0.2, 0) is 36.9 Å². The molecule has 1 saturated carbocycles.